The molecule has 1 aromatic rings. The topological polar surface area (TPSA) is 12.0 Å². The van der Waals surface area contributed by atoms with Gasteiger partial charge >= 0.3 is 0 Å². The van der Waals surface area contributed by atoms with E-state index in [-0.39, 0.29) is 0 Å². The largest absolute Gasteiger partial charge is 0.301 e. The molecule has 0 spiro atoms. The number of hydrogen-bond acceptors (Lipinski definition) is 2. The van der Waals surface area contributed by atoms with Gasteiger partial charge in [0.25, 0.3) is 0 Å². The standard InChI is InChI=1S/C11H14ClNS/c1-7-3-4-9(5-10(7)12)11-13-6-8(2)14-11/h3-5,8,11,13H,6H2,1-2H3. The third kappa shape index (κ3) is 2.08. The van der Waals surface area contributed by atoms with Crippen molar-refractivity contribution in [1.82, 2.24) is 5.32 Å². The zero-order valence-electron chi connectivity index (χ0n) is 8.38. The quantitative estimate of drug-likeness (QED) is 0.790. The minimum atomic E-state index is 0.420. The summed E-state index contributed by atoms with van der Waals surface area (Å²) in [5.41, 5.74) is 2.43. The summed E-state index contributed by atoms with van der Waals surface area (Å²) in [6, 6.07) is 6.31. The zero-order chi connectivity index (χ0) is 10.1. The molecule has 1 fully saturated rings. The number of thioether (sulfide) groups is 1. The lowest BCUT2D eigenvalue weighted by Gasteiger charge is -2.11. The predicted octanol–water partition coefficient (Wildman–Crippen LogP) is 3.37. The molecule has 1 aliphatic heterocycles. The van der Waals surface area contributed by atoms with Gasteiger partial charge in [0.1, 0.15) is 0 Å². The van der Waals surface area contributed by atoms with Crippen LogP contribution in [0.3, 0.4) is 0 Å². The average Bonchev–Trinajstić information content (AvgIpc) is 2.57. The van der Waals surface area contributed by atoms with Crippen LogP contribution in [0.15, 0.2) is 18.2 Å². The third-order valence-electron chi connectivity index (χ3n) is 2.46. The fourth-order valence-corrected chi connectivity index (χ4v) is 2.91. The van der Waals surface area contributed by atoms with Crippen molar-refractivity contribution in [3.05, 3.63) is 34.3 Å². The Morgan fingerprint density at radius 3 is 2.86 bits per heavy atom. The van der Waals surface area contributed by atoms with Crippen LogP contribution in [0.1, 0.15) is 23.4 Å². The van der Waals surface area contributed by atoms with E-state index in [2.05, 4.69) is 30.4 Å². The summed E-state index contributed by atoms with van der Waals surface area (Å²) in [5.74, 6) is 0. The minimum absolute atomic E-state index is 0.420. The molecular weight excluding hydrogens is 214 g/mol. The van der Waals surface area contributed by atoms with E-state index in [1.165, 1.54) is 5.56 Å². The lowest BCUT2D eigenvalue weighted by molar-refractivity contribution is 0.717. The molecule has 1 heterocycles. The van der Waals surface area contributed by atoms with Crippen LogP contribution in [0, 0.1) is 6.92 Å². The second kappa shape index (κ2) is 4.13. The normalized spacial score (nSPS) is 26.8. The van der Waals surface area contributed by atoms with Crippen molar-refractivity contribution in [2.75, 3.05) is 6.54 Å². The lowest BCUT2D eigenvalue weighted by atomic mass is 10.1. The van der Waals surface area contributed by atoms with Gasteiger partial charge in [-0.1, -0.05) is 30.7 Å². The first-order chi connectivity index (χ1) is 6.66. The second-order valence-corrected chi connectivity index (χ2v) is 5.70. The molecule has 0 saturated carbocycles. The maximum atomic E-state index is 6.09. The summed E-state index contributed by atoms with van der Waals surface area (Å²) in [4.78, 5) is 0. The second-order valence-electron chi connectivity index (χ2n) is 3.74. The van der Waals surface area contributed by atoms with Crippen molar-refractivity contribution in [2.45, 2.75) is 24.5 Å². The third-order valence-corrected chi connectivity index (χ3v) is 4.21. The summed E-state index contributed by atoms with van der Waals surface area (Å²) in [5, 5.41) is 5.45. The van der Waals surface area contributed by atoms with Crippen LogP contribution in [0.5, 0.6) is 0 Å². The number of benzene rings is 1. The van der Waals surface area contributed by atoms with Gasteiger partial charge in [-0.25, -0.2) is 0 Å². The van der Waals surface area contributed by atoms with Crippen molar-refractivity contribution in [2.24, 2.45) is 0 Å². The number of hydrogen-bond donors (Lipinski definition) is 1. The van der Waals surface area contributed by atoms with Crippen molar-refractivity contribution < 1.29 is 0 Å². The van der Waals surface area contributed by atoms with E-state index in [0.29, 0.717) is 10.6 Å². The smallest absolute Gasteiger partial charge is 0.0793 e. The Labute approximate surface area is 94.2 Å². The van der Waals surface area contributed by atoms with E-state index in [9.17, 15) is 0 Å². The highest BCUT2D eigenvalue weighted by molar-refractivity contribution is 8.00. The molecule has 0 aliphatic carbocycles. The van der Waals surface area contributed by atoms with Gasteiger partial charge in [-0.15, -0.1) is 11.8 Å². The van der Waals surface area contributed by atoms with E-state index in [1.807, 2.05) is 18.7 Å². The first-order valence-electron chi connectivity index (χ1n) is 4.81. The first kappa shape index (κ1) is 10.3. The monoisotopic (exact) mass is 227 g/mol. The van der Waals surface area contributed by atoms with Crippen molar-refractivity contribution in [3.8, 4) is 0 Å². The highest BCUT2D eigenvalue weighted by atomic mass is 35.5. The molecule has 76 valence electrons. The molecule has 1 N–H and O–H groups in total. The maximum absolute atomic E-state index is 6.09. The van der Waals surface area contributed by atoms with E-state index in [4.69, 9.17) is 11.6 Å². The van der Waals surface area contributed by atoms with Gasteiger partial charge in [-0.05, 0) is 24.1 Å². The van der Waals surface area contributed by atoms with Gasteiger partial charge in [0.05, 0.1) is 5.37 Å². The van der Waals surface area contributed by atoms with Crippen LogP contribution in [0.4, 0.5) is 0 Å². The molecule has 1 aromatic carbocycles. The Bertz CT molecular complexity index is 340. The molecule has 2 atom stereocenters. The molecule has 1 saturated heterocycles. The molecule has 2 unspecified atom stereocenters. The minimum Gasteiger partial charge on any atom is -0.301 e. The molecule has 1 nitrogen and oxygen atoms in total. The molecule has 14 heavy (non-hydrogen) atoms. The molecule has 0 amide bonds. The number of aryl methyl sites for hydroxylation is 1. The Balaban J connectivity index is 2.20. The summed E-state index contributed by atoms with van der Waals surface area (Å²) >= 11 is 8.06. The highest BCUT2D eigenvalue weighted by Gasteiger charge is 2.22. The molecule has 1 aliphatic rings. The number of rotatable bonds is 1. The molecule has 3 heteroatoms. The van der Waals surface area contributed by atoms with E-state index < -0.39 is 0 Å². The van der Waals surface area contributed by atoms with E-state index in [1.54, 1.807) is 0 Å². The highest BCUT2D eigenvalue weighted by Crippen LogP contribution is 2.35. The summed E-state index contributed by atoms with van der Waals surface area (Å²) in [6.45, 7) is 5.36. The van der Waals surface area contributed by atoms with Gasteiger partial charge in [-0.2, -0.15) is 0 Å². The Morgan fingerprint density at radius 2 is 2.29 bits per heavy atom. The molecule has 0 aromatic heterocycles. The van der Waals surface area contributed by atoms with Gasteiger partial charge in [0.2, 0.25) is 0 Å². The van der Waals surface area contributed by atoms with Gasteiger partial charge in [0, 0.05) is 16.8 Å². The molecular formula is C11H14ClNS. The van der Waals surface area contributed by atoms with Crippen molar-refractivity contribution >= 4 is 23.4 Å². The lowest BCUT2D eigenvalue weighted by Crippen LogP contribution is -2.13. The Hall–Kier alpha value is -0.180. The van der Waals surface area contributed by atoms with Gasteiger partial charge in [-0.3, -0.25) is 0 Å². The fourth-order valence-electron chi connectivity index (χ4n) is 1.57. The molecule has 0 bridgehead atoms. The molecule has 0 radical (unpaired) electrons. The summed E-state index contributed by atoms with van der Waals surface area (Å²) < 4.78 is 0. The van der Waals surface area contributed by atoms with Crippen LogP contribution in [-0.4, -0.2) is 11.8 Å². The van der Waals surface area contributed by atoms with E-state index in [0.717, 1.165) is 17.1 Å². The van der Waals surface area contributed by atoms with Crippen LogP contribution >= 0.6 is 23.4 Å². The van der Waals surface area contributed by atoms with Gasteiger partial charge in [0.15, 0.2) is 0 Å². The zero-order valence-corrected chi connectivity index (χ0v) is 9.95. The van der Waals surface area contributed by atoms with Crippen LogP contribution in [-0.2, 0) is 0 Å². The van der Waals surface area contributed by atoms with Crippen LogP contribution < -0.4 is 5.32 Å². The Kier molecular flexibility index (Phi) is 3.05. The van der Waals surface area contributed by atoms with Gasteiger partial charge < -0.3 is 5.32 Å². The predicted molar refractivity (Wildman–Crippen MR) is 64.0 cm³/mol. The summed E-state index contributed by atoms with van der Waals surface area (Å²) in [6.07, 6.45) is 0. The first-order valence-corrected chi connectivity index (χ1v) is 6.14. The fraction of sp³-hybridized carbons (Fsp3) is 0.455. The van der Waals surface area contributed by atoms with E-state index >= 15 is 0 Å². The molecule has 2 rings (SSSR count). The average molecular weight is 228 g/mol. The van der Waals surface area contributed by atoms with Crippen LogP contribution in [0.2, 0.25) is 5.02 Å². The van der Waals surface area contributed by atoms with Crippen molar-refractivity contribution in [3.63, 3.8) is 0 Å². The SMILES string of the molecule is Cc1ccc(C2NCC(C)S2)cc1Cl. The van der Waals surface area contributed by atoms with Crippen molar-refractivity contribution in [1.29, 1.82) is 0 Å². The number of nitrogens with one attached hydrogen (secondary N) is 1. The van der Waals surface area contributed by atoms with Crippen LogP contribution in [0.25, 0.3) is 0 Å². The summed E-state index contributed by atoms with van der Waals surface area (Å²) in [7, 11) is 0. The number of halogens is 1. The Morgan fingerprint density at radius 1 is 1.50 bits per heavy atom. The maximum Gasteiger partial charge on any atom is 0.0793 e.